The molecule has 2 aliphatic rings. The lowest BCUT2D eigenvalue weighted by Crippen LogP contribution is -2.17. The molecule has 3 nitrogen and oxygen atoms in total. The molecule has 104 valence electrons. The highest BCUT2D eigenvalue weighted by atomic mass is 32.1. The Morgan fingerprint density at radius 1 is 1.25 bits per heavy atom. The van der Waals surface area contributed by atoms with Crippen molar-refractivity contribution in [3.05, 3.63) is 41.0 Å². The van der Waals surface area contributed by atoms with Gasteiger partial charge in [0.2, 0.25) is 5.13 Å². The van der Waals surface area contributed by atoms with Gasteiger partial charge in [-0.15, -0.1) is 0 Å². The minimum absolute atomic E-state index is 0.159. The average Bonchev–Trinajstić information content (AvgIpc) is 3.20. The molecule has 0 spiro atoms. The molecule has 1 heterocycles. The number of benzene rings is 1. The molecule has 1 N–H and O–H groups in total. The van der Waals surface area contributed by atoms with E-state index in [1.807, 2.05) is 6.07 Å². The maximum atomic E-state index is 13.5. The van der Waals surface area contributed by atoms with E-state index < -0.39 is 0 Å². The van der Waals surface area contributed by atoms with Crippen molar-refractivity contribution >= 4 is 16.7 Å². The van der Waals surface area contributed by atoms with E-state index in [2.05, 4.69) is 14.7 Å². The Morgan fingerprint density at radius 3 is 3.00 bits per heavy atom. The van der Waals surface area contributed by atoms with Crippen LogP contribution in [-0.4, -0.2) is 9.36 Å². The van der Waals surface area contributed by atoms with Gasteiger partial charge in [0.15, 0.2) is 0 Å². The Labute approximate surface area is 121 Å². The molecule has 0 radical (unpaired) electrons. The molecule has 0 aliphatic heterocycles. The van der Waals surface area contributed by atoms with Gasteiger partial charge in [-0.3, -0.25) is 0 Å². The summed E-state index contributed by atoms with van der Waals surface area (Å²) in [6, 6.07) is 5.29. The van der Waals surface area contributed by atoms with Gasteiger partial charge in [0.05, 0.1) is 6.04 Å². The van der Waals surface area contributed by atoms with E-state index in [4.69, 9.17) is 0 Å². The highest BCUT2D eigenvalue weighted by Crippen LogP contribution is 2.40. The van der Waals surface area contributed by atoms with Gasteiger partial charge in [0, 0.05) is 17.5 Å². The second-order valence-electron chi connectivity index (χ2n) is 5.66. The SMILES string of the molecule is Fc1ccc2c(c1)C(Nc1nc(C3CC3)ns1)CCC2. The third-order valence-corrected chi connectivity index (χ3v) is 4.76. The number of rotatable bonds is 3. The molecule has 20 heavy (non-hydrogen) atoms. The average molecular weight is 289 g/mol. The quantitative estimate of drug-likeness (QED) is 0.926. The minimum atomic E-state index is -0.159. The van der Waals surface area contributed by atoms with Crippen LogP contribution in [0.25, 0.3) is 0 Å². The molecular weight excluding hydrogens is 273 g/mol. The molecule has 1 fully saturated rings. The fourth-order valence-electron chi connectivity index (χ4n) is 2.87. The van der Waals surface area contributed by atoms with Crippen LogP contribution < -0.4 is 5.32 Å². The third-order valence-electron chi connectivity index (χ3n) is 4.10. The number of aromatic nitrogens is 2. The molecule has 5 heteroatoms. The fourth-order valence-corrected chi connectivity index (χ4v) is 3.57. The van der Waals surface area contributed by atoms with E-state index in [1.54, 1.807) is 12.1 Å². The number of aryl methyl sites for hydroxylation is 1. The zero-order valence-electron chi connectivity index (χ0n) is 11.1. The second kappa shape index (κ2) is 4.81. The van der Waals surface area contributed by atoms with Gasteiger partial charge >= 0.3 is 0 Å². The Bertz CT molecular complexity index is 636. The first-order valence-electron chi connectivity index (χ1n) is 7.18. The molecule has 2 aliphatic carbocycles. The lowest BCUT2D eigenvalue weighted by atomic mass is 9.88. The summed E-state index contributed by atoms with van der Waals surface area (Å²) in [5.74, 6) is 1.40. The molecule has 0 saturated heterocycles. The van der Waals surface area contributed by atoms with E-state index in [-0.39, 0.29) is 11.9 Å². The summed E-state index contributed by atoms with van der Waals surface area (Å²) >= 11 is 1.42. The van der Waals surface area contributed by atoms with Crippen LogP contribution in [0.15, 0.2) is 18.2 Å². The summed E-state index contributed by atoms with van der Waals surface area (Å²) in [6.45, 7) is 0. The van der Waals surface area contributed by atoms with Crippen molar-refractivity contribution in [3.8, 4) is 0 Å². The highest BCUT2D eigenvalue weighted by molar-refractivity contribution is 7.09. The molecule has 0 amide bonds. The number of nitrogens with zero attached hydrogens (tertiary/aromatic N) is 2. The molecule has 2 aromatic rings. The number of fused-ring (bicyclic) bond motifs is 1. The highest BCUT2D eigenvalue weighted by Gasteiger charge is 2.28. The molecule has 1 unspecified atom stereocenters. The number of anilines is 1. The summed E-state index contributed by atoms with van der Waals surface area (Å²) in [6.07, 6.45) is 5.62. The maximum absolute atomic E-state index is 13.5. The van der Waals surface area contributed by atoms with Gasteiger partial charge in [-0.2, -0.15) is 4.37 Å². The normalized spacial score (nSPS) is 21.6. The van der Waals surface area contributed by atoms with Gasteiger partial charge in [-0.05, 0) is 55.4 Å². The first-order valence-corrected chi connectivity index (χ1v) is 7.95. The molecule has 1 atom stereocenters. The minimum Gasteiger partial charge on any atom is -0.353 e. The van der Waals surface area contributed by atoms with E-state index >= 15 is 0 Å². The van der Waals surface area contributed by atoms with Gasteiger partial charge in [0.25, 0.3) is 0 Å². The molecule has 1 aromatic heterocycles. The largest absolute Gasteiger partial charge is 0.353 e. The van der Waals surface area contributed by atoms with Crippen molar-refractivity contribution in [2.24, 2.45) is 0 Å². The summed E-state index contributed by atoms with van der Waals surface area (Å²) in [4.78, 5) is 4.56. The van der Waals surface area contributed by atoms with Crippen LogP contribution in [-0.2, 0) is 6.42 Å². The fraction of sp³-hybridized carbons (Fsp3) is 0.467. The number of hydrogen-bond donors (Lipinski definition) is 1. The molecule has 0 bridgehead atoms. The zero-order valence-corrected chi connectivity index (χ0v) is 11.9. The summed E-state index contributed by atoms with van der Waals surface area (Å²) in [7, 11) is 0. The second-order valence-corrected chi connectivity index (χ2v) is 6.42. The van der Waals surface area contributed by atoms with Crippen LogP contribution in [0, 0.1) is 5.82 Å². The number of hydrogen-bond acceptors (Lipinski definition) is 4. The van der Waals surface area contributed by atoms with Crippen LogP contribution in [0.4, 0.5) is 9.52 Å². The van der Waals surface area contributed by atoms with Crippen molar-refractivity contribution in [1.29, 1.82) is 0 Å². The molecule has 1 aromatic carbocycles. The maximum Gasteiger partial charge on any atom is 0.203 e. The van der Waals surface area contributed by atoms with Crippen LogP contribution in [0.2, 0.25) is 0 Å². The van der Waals surface area contributed by atoms with E-state index in [1.165, 1.54) is 29.9 Å². The summed E-state index contributed by atoms with van der Waals surface area (Å²) in [5, 5.41) is 4.32. The van der Waals surface area contributed by atoms with Gasteiger partial charge in [0.1, 0.15) is 11.6 Å². The Morgan fingerprint density at radius 2 is 2.15 bits per heavy atom. The summed E-state index contributed by atoms with van der Waals surface area (Å²) < 4.78 is 17.9. The van der Waals surface area contributed by atoms with Crippen LogP contribution in [0.3, 0.4) is 0 Å². The van der Waals surface area contributed by atoms with Gasteiger partial charge in [-0.1, -0.05) is 6.07 Å². The lowest BCUT2D eigenvalue weighted by Gasteiger charge is -2.26. The van der Waals surface area contributed by atoms with E-state index in [0.717, 1.165) is 35.8 Å². The monoisotopic (exact) mass is 289 g/mol. The predicted molar refractivity (Wildman–Crippen MR) is 77.6 cm³/mol. The first-order chi connectivity index (χ1) is 9.79. The molecular formula is C15H16FN3S. The van der Waals surface area contributed by atoms with Crippen molar-refractivity contribution in [3.63, 3.8) is 0 Å². The topological polar surface area (TPSA) is 37.8 Å². The van der Waals surface area contributed by atoms with Crippen LogP contribution >= 0.6 is 11.5 Å². The Balaban J connectivity index is 1.58. The van der Waals surface area contributed by atoms with Crippen LogP contribution in [0.1, 0.15) is 54.6 Å². The molecule has 4 rings (SSSR count). The smallest absolute Gasteiger partial charge is 0.203 e. The molecule has 1 saturated carbocycles. The number of halogens is 1. The van der Waals surface area contributed by atoms with Gasteiger partial charge < -0.3 is 5.32 Å². The van der Waals surface area contributed by atoms with Crippen molar-refractivity contribution in [2.75, 3.05) is 5.32 Å². The standard InChI is InChI=1S/C15H16FN3S/c16-11-7-6-9-2-1-3-13(12(9)8-11)17-15-18-14(19-20-15)10-4-5-10/h6-8,10,13H,1-5H2,(H,17,18,19). The Kier molecular flexibility index (Phi) is 2.95. The summed E-state index contributed by atoms with van der Waals surface area (Å²) in [5.41, 5.74) is 2.33. The number of nitrogens with one attached hydrogen (secondary N) is 1. The zero-order chi connectivity index (χ0) is 13.5. The van der Waals surface area contributed by atoms with E-state index in [9.17, 15) is 4.39 Å². The lowest BCUT2D eigenvalue weighted by molar-refractivity contribution is 0.579. The van der Waals surface area contributed by atoms with E-state index in [0.29, 0.717) is 5.92 Å². The van der Waals surface area contributed by atoms with Gasteiger partial charge in [-0.25, -0.2) is 9.37 Å². The van der Waals surface area contributed by atoms with Crippen molar-refractivity contribution in [2.45, 2.75) is 44.1 Å². The Hall–Kier alpha value is -1.49. The van der Waals surface area contributed by atoms with Crippen LogP contribution in [0.5, 0.6) is 0 Å². The van der Waals surface area contributed by atoms with Crippen molar-refractivity contribution in [1.82, 2.24) is 9.36 Å². The predicted octanol–water partition coefficient (Wildman–Crippen LogP) is 4.04. The van der Waals surface area contributed by atoms with Crippen molar-refractivity contribution < 1.29 is 4.39 Å². The third kappa shape index (κ3) is 2.30. The first kappa shape index (κ1) is 12.3.